The predicted octanol–water partition coefficient (Wildman–Crippen LogP) is 3.00. The number of hydrogen-bond donors (Lipinski definition) is 1. The van der Waals surface area contributed by atoms with E-state index in [-0.39, 0.29) is 23.5 Å². The number of anilines is 1. The molecule has 0 bridgehead atoms. The molecule has 1 rings (SSSR count). The van der Waals surface area contributed by atoms with Crippen LogP contribution in [-0.2, 0) is 6.61 Å². The zero-order chi connectivity index (χ0) is 13.9. The van der Waals surface area contributed by atoms with Crippen molar-refractivity contribution in [2.45, 2.75) is 32.7 Å². The molecular weight excluding hydrogens is 269 g/mol. The van der Waals surface area contributed by atoms with Crippen molar-refractivity contribution >= 4 is 17.4 Å². The molecule has 1 N–H and O–H groups in total. The Hall–Kier alpha value is -1.01. The number of alkyl halides is 3. The largest absolute Gasteiger partial charge is 0.405 e. The van der Waals surface area contributed by atoms with Gasteiger partial charge in [-0.1, -0.05) is 11.6 Å². The second-order valence-corrected chi connectivity index (χ2v) is 4.54. The first-order chi connectivity index (χ1) is 8.24. The third-order valence-electron chi connectivity index (χ3n) is 2.36. The highest BCUT2D eigenvalue weighted by molar-refractivity contribution is 6.31. The quantitative estimate of drug-likeness (QED) is 0.922. The summed E-state index contributed by atoms with van der Waals surface area (Å²) in [5, 5.41) is 9.28. The molecule has 0 aromatic carbocycles. The van der Waals surface area contributed by atoms with Crippen LogP contribution in [0.15, 0.2) is 12.3 Å². The van der Waals surface area contributed by atoms with E-state index < -0.39 is 12.7 Å². The molecule has 1 heterocycles. The molecule has 0 amide bonds. The van der Waals surface area contributed by atoms with E-state index in [1.165, 1.54) is 12.3 Å². The van der Waals surface area contributed by atoms with Crippen molar-refractivity contribution in [3.05, 3.63) is 22.8 Å². The zero-order valence-electron chi connectivity index (χ0n) is 10.00. The Kier molecular flexibility index (Phi) is 4.81. The van der Waals surface area contributed by atoms with E-state index in [9.17, 15) is 13.2 Å². The maximum Gasteiger partial charge on any atom is 0.405 e. The van der Waals surface area contributed by atoms with E-state index >= 15 is 0 Å². The highest BCUT2D eigenvalue weighted by Crippen LogP contribution is 2.25. The number of hydrogen-bond acceptors (Lipinski definition) is 3. The first-order valence-electron chi connectivity index (χ1n) is 5.33. The summed E-state index contributed by atoms with van der Waals surface area (Å²) in [6, 6.07) is 1.00. The van der Waals surface area contributed by atoms with E-state index in [1.54, 1.807) is 13.8 Å². The van der Waals surface area contributed by atoms with Crippen molar-refractivity contribution in [1.82, 2.24) is 4.98 Å². The summed E-state index contributed by atoms with van der Waals surface area (Å²) in [5.74, 6) is 0.149. The second-order valence-electron chi connectivity index (χ2n) is 4.13. The molecule has 3 nitrogen and oxygen atoms in total. The minimum Gasteiger partial charge on any atom is -0.392 e. The van der Waals surface area contributed by atoms with E-state index in [4.69, 9.17) is 16.7 Å². The van der Waals surface area contributed by atoms with Crippen molar-refractivity contribution in [2.75, 3.05) is 11.4 Å². The fraction of sp³-hybridized carbons (Fsp3) is 0.545. The number of rotatable bonds is 4. The van der Waals surface area contributed by atoms with Crippen LogP contribution in [-0.4, -0.2) is 28.9 Å². The summed E-state index contributed by atoms with van der Waals surface area (Å²) in [7, 11) is 0. The second kappa shape index (κ2) is 5.75. The van der Waals surface area contributed by atoms with Crippen LogP contribution in [0.25, 0.3) is 0 Å². The van der Waals surface area contributed by atoms with Crippen LogP contribution in [0.4, 0.5) is 19.0 Å². The van der Waals surface area contributed by atoms with Crippen molar-refractivity contribution < 1.29 is 18.3 Å². The van der Waals surface area contributed by atoms with Gasteiger partial charge in [-0.05, 0) is 19.9 Å². The molecule has 0 aliphatic heterocycles. The van der Waals surface area contributed by atoms with Gasteiger partial charge < -0.3 is 10.0 Å². The third kappa shape index (κ3) is 4.03. The van der Waals surface area contributed by atoms with Crippen molar-refractivity contribution in [1.29, 1.82) is 0 Å². The van der Waals surface area contributed by atoms with Crippen LogP contribution in [0.2, 0.25) is 5.02 Å². The fourth-order valence-corrected chi connectivity index (χ4v) is 1.63. The Morgan fingerprint density at radius 2 is 2.06 bits per heavy atom. The topological polar surface area (TPSA) is 36.4 Å². The molecule has 1 aromatic rings. The van der Waals surface area contributed by atoms with E-state index in [2.05, 4.69) is 4.98 Å². The molecule has 0 unspecified atom stereocenters. The Morgan fingerprint density at radius 1 is 1.44 bits per heavy atom. The molecular formula is C11H14ClF3N2O. The smallest absolute Gasteiger partial charge is 0.392 e. The van der Waals surface area contributed by atoms with E-state index in [1.807, 2.05) is 0 Å². The van der Waals surface area contributed by atoms with Crippen LogP contribution in [0.1, 0.15) is 19.4 Å². The SMILES string of the molecule is CC(C)N(CC(F)(F)F)c1cc(CO)c(Cl)cn1. The van der Waals surface area contributed by atoms with E-state index in [0.29, 0.717) is 5.56 Å². The molecule has 0 fully saturated rings. The molecule has 1 aromatic heterocycles. The lowest BCUT2D eigenvalue weighted by atomic mass is 10.2. The molecule has 0 radical (unpaired) electrons. The number of nitrogens with zero attached hydrogens (tertiary/aromatic N) is 2. The van der Waals surface area contributed by atoms with Gasteiger partial charge in [-0.15, -0.1) is 0 Å². The number of halogens is 4. The van der Waals surface area contributed by atoms with Gasteiger partial charge in [0.25, 0.3) is 0 Å². The van der Waals surface area contributed by atoms with Gasteiger partial charge in [0.1, 0.15) is 12.4 Å². The Bertz CT molecular complexity index is 410. The lowest BCUT2D eigenvalue weighted by Crippen LogP contribution is -2.39. The third-order valence-corrected chi connectivity index (χ3v) is 2.70. The van der Waals surface area contributed by atoms with Gasteiger partial charge in [-0.25, -0.2) is 4.98 Å². The van der Waals surface area contributed by atoms with Crippen LogP contribution in [0.3, 0.4) is 0 Å². The van der Waals surface area contributed by atoms with Crippen LogP contribution >= 0.6 is 11.6 Å². The Balaban J connectivity index is 3.06. The average Bonchev–Trinajstić information content (AvgIpc) is 2.25. The molecule has 0 saturated carbocycles. The highest BCUT2D eigenvalue weighted by atomic mass is 35.5. The summed E-state index contributed by atoms with van der Waals surface area (Å²) in [6.07, 6.45) is -3.07. The van der Waals surface area contributed by atoms with Crippen LogP contribution < -0.4 is 4.90 Å². The van der Waals surface area contributed by atoms with E-state index in [0.717, 1.165) is 4.90 Å². The maximum atomic E-state index is 12.5. The van der Waals surface area contributed by atoms with Crippen molar-refractivity contribution in [3.8, 4) is 0 Å². The first-order valence-corrected chi connectivity index (χ1v) is 5.71. The highest BCUT2D eigenvalue weighted by Gasteiger charge is 2.32. The van der Waals surface area contributed by atoms with Gasteiger partial charge in [0.15, 0.2) is 0 Å². The molecule has 0 spiro atoms. The average molecular weight is 283 g/mol. The van der Waals surface area contributed by atoms with Gasteiger partial charge in [-0.2, -0.15) is 13.2 Å². The lowest BCUT2D eigenvalue weighted by molar-refractivity contribution is -0.120. The molecule has 18 heavy (non-hydrogen) atoms. The van der Waals surface area contributed by atoms with Crippen LogP contribution in [0.5, 0.6) is 0 Å². The summed E-state index contributed by atoms with van der Waals surface area (Å²) >= 11 is 5.75. The summed E-state index contributed by atoms with van der Waals surface area (Å²) in [5.41, 5.74) is 0.356. The normalized spacial score (nSPS) is 12.0. The zero-order valence-corrected chi connectivity index (χ0v) is 10.8. The summed E-state index contributed by atoms with van der Waals surface area (Å²) in [6.45, 7) is 1.85. The van der Waals surface area contributed by atoms with Gasteiger partial charge in [-0.3, -0.25) is 0 Å². The van der Waals surface area contributed by atoms with Gasteiger partial charge >= 0.3 is 6.18 Å². The number of aliphatic hydroxyl groups excluding tert-OH is 1. The number of pyridine rings is 1. The van der Waals surface area contributed by atoms with Gasteiger partial charge in [0.2, 0.25) is 0 Å². The standard InChI is InChI=1S/C11H14ClF3N2O/c1-7(2)17(6-11(13,14)15)10-3-8(5-18)9(12)4-16-10/h3-4,7,18H,5-6H2,1-2H3. The van der Waals surface area contributed by atoms with Crippen molar-refractivity contribution in [2.24, 2.45) is 0 Å². The Morgan fingerprint density at radius 3 is 2.50 bits per heavy atom. The van der Waals surface area contributed by atoms with Gasteiger partial charge in [0, 0.05) is 17.8 Å². The molecule has 0 aliphatic carbocycles. The summed E-state index contributed by atoms with van der Waals surface area (Å²) < 4.78 is 37.4. The first kappa shape index (κ1) is 15.0. The Labute approximate surface area is 108 Å². The minimum absolute atomic E-state index is 0.149. The number of aromatic nitrogens is 1. The van der Waals surface area contributed by atoms with Gasteiger partial charge in [0.05, 0.1) is 11.6 Å². The minimum atomic E-state index is -4.31. The molecule has 0 atom stereocenters. The maximum absolute atomic E-state index is 12.5. The van der Waals surface area contributed by atoms with Crippen molar-refractivity contribution in [3.63, 3.8) is 0 Å². The fourth-order valence-electron chi connectivity index (χ4n) is 1.47. The number of aliphatic hydroxyl groups is 1. The summed E-state index contributed by atoms with van der Waals surface area (Å²) in [4.78, 5) is 4.98. The molecule has 7 heteroatoms. The molecule has 102 valence electrons. The molecule has 0 saturated heterocycles. The molecule has 0 aliphatic rings. The lowest BCUT2D eigenvalue weighted by Gasteiger charge is -2.29. The monoisotopic (exact) mass is 282 g/mol. The predicted molar refractivity (Wildman–Crippen MR) is 63.7 cm³/mol. The van der Waals surface area contributed by atoms with Crippen LogP contribution in [0, 0.1) is 0 Å².